The number of aryl methyl sites for hydroxylation is 1. The fraction of sp³-hybridized carbons (Fsp3) is 0.364. The first kappa shape index (κ1) is 12.2. The van der Waals surface area contributed by atoms with Gasteiger partial charge in [-0.25, -0.2) is 14.8 Å². The van der Waals surface area contributed by atoms with E-state index < -0.39 is 0 Å². The summed E-state index contributed by atoms with van der Waals surface area (Å²) in [5.41, 5.74) is 1.20. The van der Waals surface area contributed by atoms with E-state index in [9.17, 15) is 4.79 Å². The fourth-order valence-corrected chi connectivity index (χ4v) is 2.81. The second kappa shape index (κ2) is 5.37. The first-order valence-electron chi connectivity index (χ1n) is 5.32. The van der Waals surface area contributed by atoms with Crippen LogP contribution >= 0.6 is 22.7 Å². The SMILES string of the molecule is CCOC(=O)c1csc(-c2csc(CC)n2)n1. The summed E-state index contributed by atoms with van der Waals surface area (Å²) in [6.45, 7) is 4.20. The van der Waals surface area contributed by atoms with Crippen LogP contribution in [0.1, 0.15) is 29.3 Å². The zero-order valence-corrected chi connectivity index (χ0v) is 11.2. The first-order valence-corrected chi connectivity index (χ1v) is 7.08. The molecule has 0 saturated heterocycles. The molecule has 2 heterocycles. The number of rotatable bonds is 4. The molecule has 0 amide bonds. The monoisotopic (exact) mass is 268 g/mol. The van der Waals surface area contributed by atoms with E-state index >= 15 is 0 Å². The van der Waals surface area contributed by atoms with Crippen LogP contribution in [-0.2, 0) is 11.2 Å². The average molecular weight is 268 g/mol. The fourth-order valence-electron chi connectivity index (χ4n) is 1.26. The van der Waals surface area contributed by atoms with Gasteiger partial charge in [-0.1, -0.05) is 6.92 Å². The summed E-state index contributed by atoms with van der Waals surface area (Å²) in [5, 5.41) is 5.52. The van der Waals surface area contributed by atoms with Gasteiger partial charge in [-0.05, 0) is 13.3 Å². The van der Waals surface area contributed by atoms with Crippen LogP contribution in [0, 0.1) is 0 Å². The Hall–Kier alpha value is -1.27. The van der Waals surface area contributed by atoms with Crippen LogP contribution in [0.15, 0.2) is 10.8 Å². The van der Waals surface area contributed by atoms with Crippen LogP contribution in [-0.4, -0.2) is 22.5 Å². The van der Waals surface area contributed by atoms with E-state index in [0.29, 0.717) is 12.3 Å². The number of hydrogen-bond donors (Lipinski definition) is 0. The van der Waals surface area contributed by atoms with E-state index in [2.05, 4.69) is 16.9 Å². The molecule has 17 heavy (non-hydrogen) atoms. The molecule has 2 aromatic rings. The van der Waals surface area contributed by atoms with Crippen molar-refractivity contribution in [2.45, 2.75) is 20.3 Å². The van der Waals surface area contributed by atoms with Gasteiger partial charge in [0, 0.05) is 10.8 Å². The molecule has 4 nitrogen and oxygen atoms in total. The molecule has 0 fully saturated rings. The maximum absolute atomic E-state index is 11.5. The minimum absolute atomic E-state index is 0.359. The Morgan fingerprint density at radius 1 is 1.29 bits per heavy atom. The number of esters is 1. The van der Waals surface area contributed by atoms with Crippen molar-refractivity contribution >= 4 is 28.6 Å². The van der Waals surface area contributed by atoms with Crippen molar-refractivity contribution < 1.29 is 9.53 Å². The molecule has 0 atom stereocenters. The molecule has 6 heteroatoms. The zero-order valence-electron chi connectivity index (χ0n) is 9.60. The van der Waals surface area contributed by atoms with Crippen molar-refractivity contribution in [2.24, 2.45) is 0 Å². The molecule has 0 aliphatic rings. The first-order chi connectivity index (χ1) is 8.24. The minimum Gasteiger partial charge on any atom is -0.461 e. The van der Waals surface area contributed by atoms with Crippen LogP contribution in [0.4, 0.5) is 0 Å². The third-order valence-corrected chi connectivity index (χ3v) is 3.92. The lowest BCUT2D eigenvalue weighted by molar-refractivity contribution is 0.0520. The van der Waals surface area contributed by atoms with Crippen molar-refractivity contribution in [3.8, 4) is 10.7 Å². The number of nitrogens with zero attached hydrogens (tertiary/aromatic N) is 2. The summed E-state index contributed by atoms with van der Waals surface area (Å²) >= 11 is 3.02. The molecule has 0 radical (unpaired) electrons. The van der Waals surface area contributed by atoms with Gasteiger partial charge < -0.3 is 4.74 Å². The molecular formula is C11H12N2O2S2. The second-order valence-electron chi connectivity index (χ2n) is 3.24. The third-order valence-electron chi connectivity index (χ3n) is 2.06. The van der Waals surface area contributed by atoms with Gasteiger partial charge in [0.2, 0.25) is 0 Å². The summed E-state index contributed by atoms with van der Waals surface area (Å²) in [4.78, 5) is 20.1. The molecule has 0 saturated carbocycles. The Bertz CT molecular complexity index is 519. The van der Waals surface area contributed by atoms with E-state index in [1.165, 1.54) is 11.3 Å². The number of carbonyl (C=O) groups excluding carboxylic acids is 1. The Labute approximate surface area is 107 Å². The smallest absolute Gasteiger partial charge is 0.357 e. The number of ether oxygens (including phenoxy) is 1. The maximum Gasteiger partial charge on any atom is 0.357 e. The highest BCUT2D eigenvalue weighted by Gasteiger charge is 2.14. The summed E-state index contributed by atoms with van der Waals surface area (Å²) < 4.78 is 4.89. The summed E-state index contributed by atoms with van der Waals surface area (Å²) in [6, 6.07) is 0. The Kier molecular flexibility index (Phi) is 3.86. The number of thiazole rings is 2. The highest BCUT2D eigenvalue weighted by molar-refractivity contribution is 7.14. The molecule has 2 aromatic heterocycles. The van der Waals surface area contributed by atoms with E-state index in [1.807, 2.05) is 5.38 Å². The van der Waals surface area contributed by atoms with E-state index in [-0.39, 0.29) is 5.97 Å². The molecular weight excluding hydrogens is 256 g/mol. The highest BCUT2D eigenvalue weighted by atomic mass is 32.1. The molecule has 0 aliphatic heterocycles. The molecule has 0 aromatic carbocycles. The van der Waals surface area contributed by atoms with Gasteiger partial charge in [-0.2, -0.15) is 0 Å². The van der Waals surface area contributed by atoms with Gasteiger partial charge >= 0.3 is 5.97 Å². The Balaban J connectivity index is 2.20. The third kappa shape index (κ3) is 2.70. The molecule has 0 unspecified atom stereocenters. The lowest BCUT2D eigenvalue weighted by Gasteiger charge is -1.95. The van der Waals surface area contributed by atoms with Gasteiger partial charge in [0.05, 0.1) is 11.6 Å². The standard InChI is InChI=1S/C11H12N2O2S2/c1-3-9-12-7(5-16-9)10-13-8(6-17-10)11(14)15-4-2/h5-6H,3-4H2,1-2H3. The maximum atomic E-state index is 11.5. The summed E-state index contributed by atoms with van der Waals surface area (Å²) in [6.07, 6.45) is 0.917. The van der Waals surface area contributed by atoms with Crippen molar-refractivity contribution in [2.75, 3.05) is 6.61 Å². The molecule has 0 bridgehead atoms. The second-order valence-corrected chi connectivity index (χ2v) is 5.04. The molecule has 0 N–H and O–H groups in total. The molecule has 0 spiro atoms. The van der Waals surface area contributed by atoms with Gasteiger partial charge in [-0.3, -0.25) is 0 Å². The lowest BCUT2D eigenvalue weighted by Crippen LogP contribution is -2.04. The predicted molar refractivity (Wildman–Crippen MR) is 68.6 cm³/mol. The van der Waals surface area contributed by atoms with Crippen molar-refractivity contribution in [3.63, 3.8) is 0 Å². The highest BCUT2D eigenvalue weighted by Crippen LogP contribution is 2.25. The molecule has 2 rings (SSSR count). The summed E-state index contributed by atoms with van der Waals surface area (Å²) in [5.74, 6) is -0.374. The van der Waals surface area contributed by atoms with E-state index in [1.54, 1.807) is 23.6 Å². The quantitative estimate of drug-likeness (QED) is 0.800. The van der Waals surface area contributed by atoms with E-state index in [0.717, 1.165) is 22.1 Å². The van der Waals surface area contributed by atoms with Crippen molar-refractivity contribution in [1.29, 1.82) is 0 Å². The summed E-state index contributed by atoms with van der Waals surface area (Å²) in [7, 11) is 0. The van der Waals surface area contributed by atoms with Crippen LogP contribution in [0.5, 0.6) is 0 Å². The molecule has 90 valence electrons. The topological polar surface area (TPSA) is 52.1 Å². The zero-order chi connectivity index (χ0) is 12.3. The van der Waals surface area contributed by atoms with Crippen LogP contribution in [0.3, 0.4) is 0 Å². The predicted octanol–water partition coefficient (Wildman–Crippen LogP) is 3.01. The Morgan fingerprint density at radius 2 is 2.12 bits per heavy atom. The number of aromatic nitrogens is 2. The van der Waals surface area contributed by atoms with E-state index in [4.69, 9.17) is 4.74 Å². The van der Waals surface area contributed by atoms with Crippen LogP contribution < -0.4 is 0 Å². The largest absolute Gasteiger partial charge is 0.461 e. The number of carbonyl (C=O) groups is 1. The van der Waals surface area contributed by atoms with Crippen molar-refractivity contribution in [3.05, 3.63) is 21.5 Å². The van der Waals surface area contributed by atoms with Crippen molar-refractivity contribution in [1.82, 2.24) is 9.97 Å². The van der Waals surface area contributed by atoms with Gasteiger partial charge in [0.25, 0.3) is 0 Å². The van der Waals surface area contributed by atoms with Crippen LogP contribution in [0.2, 0.25) is 0 Å². The van der Waals surface area contributed by atoms with Gasteiger partial charge in [0.1, 0.15) is 10.7 Å². The number of hydrogen-bond acceptors (Lipinski definition) is 6. The normalized spacial score (nSPS) is 10.5. The van der Waals surface area contributed by atoms with Crippen LogP contribution in [0.25, 0.3) is 10.7 Å². The van der Waals surface area contributed by atoms with Gasteiger partial charge in [-0.15, -0.1) is 22.7 Å². The Morgan fingerprint density at radius 3 is 2.76 bits per heavy atom. The average Bonchev–Trinajstić information content (AvgIpc) is 2.98. The lowest BCUT2D eigenvalue weighted by atomic mass is 10.4. The van der Waals surface area contributed by atoms with Gasteiger partial charge in [0.15, 0.2) is 5.69 Å². The minimum atomic E-state index is -0.374. The molecule has 0 aliphatic carbocycles.